The molecule has 0 aliphatic carbocycles. The Morgan fingerprint density at radius 2 is 1.84 bits per heavy atom. The molecular weight excluding hydrogens is 236 g/mol. The number of pyridine rings is 1. The average Bonchev–Trinajstić information content (AvgIpc) is 2.46. The topological polar surface area (TPSA) is 45.1 Å². The SMILES string of the molecule is Oc1ccc(NCc2ccc3ncccc3c2)cc1. The van der Waals surface area contributed by atoms with Crippen molar-refractivity contribution >= 4 is 16.6 Å². The molecule has 19 heavy (non-hydrogen) atoms. The third-order valence-electron chi connectivity index (χ3n) is 3.03. The van der Waals surface area contributed by atoms with Crippen LogP contribution in [-0.2, 0) is 6.54 Å². The van der Waals surface area contributed by atoms with Crippen molar-refractivity contribution in [3.63, 3.8) is 0 Å². The lowest BCUT2D eigenvalue weighted by Gasteiger charge is -2.07. The Labute approximate surface area is 111 Å². The Morgan fingerprint density at radius 1 is 1.00 bits per heavy atom. The molecule has 0 atom stereocenters. The van der Waals surface area contributed by atoms with E-state index in [-0.39, 0.29) is 5.75 Å². The van der Waals surface area contributed by atoms with E-state index in [0.717, 1.165) is 23.1 Å². The number of nitrogens with one attached hydrogen (secondary N) is 1. The Bertz CT molecular complexity index is 692. The molecule has 0 aliphatic heterocycles. The van der Waals surface area contributed by atoms with Crippen LogP contribution in [0.15, 0.2) is 60.8 Å². The van der Waals surface area contributed by atoms with Gasteiger partial charge in [0, 0.05) is 23.8 Å². The van der Waals surface area contributed by atoms with Gasteiger partial charge in [0.1, 0.15) is 5.75 Å². The summed E-state index contributed by atoms with van der Waals surface area (Å²) >= 11 is 0. The molecule has 3 aromatic rings. The van der Waals surface area contributed by atoms with E-state index in [1.165, 1.54) is 5.56 Å². The lowest BCUT2D eigenvalue weighted by molar-refractivity contribution is 0.475. The molecule has 0 saturated carbocycles. The van der Waals surface area contributed by atoms with Crippen molar-refractivity contribution in [3.05, 3.63) is 66.4 Å². The fraction of sp³-hybridized carbons (Fsp3) is 0.0625. The summed E-state index contributed by atoms with van der Waals surface area (Å²) in [6.45, 7) is 0.746. The highest BCUT2D eigenvalue weighted by molar-refractivity contribution is 5.78. The zero-order chi connectivity index (χ0) is 13.1. The maximum atomic E-state index is 9.23. The molecule has 0 bridgehead atoms. The highest BCUT2D eigenvalue weighted by atomic mass is 16.3. The number of aromatic hydroxyl groups is 1. The van der Waals surface area contributed by atoms with Crippen LogP contribution in [0, 0.1) is 0 Å². The first-order chi connectivity index (χ1) is 9.31. The van der Waals surface area contributed by atoms with Gasteiger partial charge >= 0.3 is 0 Å². The van der Waals surface area contributed by atoms with Gasteiger partial charge in [0.05, 0.1) is 5.52 Å². The molecule has 3 nitrogen and oxygen atoms in total. The number of phenolic OH excluding ortho intramolecular Hbond substituents is 1. The molecule has 2 N–H and O–H groups in total. The van der Waals surface area contributed by atoms with Crippen LogP contribution in [0.2, 0.25) is 0 Å². The summed E-state index contributed by atoms with van der Waals surface area (Å²) in [6.07, 6.45) is 1.80. The summed E-state index contributed by atoms with van der Waals surface area (Å²) in [5, 5.41) is 13.7. The molecule has 3 heteroatoms. The highest BCUT2D eigenvalue weighted by Crippen LogP contribution is 2.17. The Kier molecular flexibility index (Phi) is 3.02. The van der Waals surface area contributed by atoms with Gasteiger partial charge in [-0.2, -0.15) is 0 Å². The number of benzene rings is 2. The van der Waals surface area contributed by atoms with E-state index in [4.69, 9.17) is 0 Å². The van der Waals surface area contributed by atoms with Crippen LogP contribution in [0.3, 0.4) is 0 Å². The summed E-state index contributed by atoms with van der Waals surface area (Å²) in [7, 11) is 0. The molecule has 94 valence electrons. The first kappa shape index (κ1) is 11.5. The summed E-state index contributed by atoms with van der Waals surface area (Å²) < 4.78 is 0. The number of rotatable bonds is 3. The first-order valence-corrected chi connectivity index (χ1v) is 6.18. The minimum Gasteiger partial charge on any atom is -0.508 e. The van der Waals surface area contributed by atoms with Crippen LogP contribution in [0.4, 0.5) is 5.69 Å². The Morgan fingerprint density at radius 3 is 2.68 bits per heavy atom. The van der Waals surface area contributed by atoms with Gasteiger partial charge in [0.2, 0.25) is 0 Å². The van der Waals surface area contributed by atoms with Crippen molar-refractivity contribution in [2.24, 2.45) is 0 Å². The van der Waals surface area contributed by atoms with Crippen LogP contribution in [0.1, 0.15) is 5.56 Å². The molecular formula is C16H14N2O. The maximum Gasteiger partial charge on any atom is 0.115 e. The average molecular weight is 250 g/mol. The molecule has 3 rings (SSSR count). The molecule has 2 aromatic carbocycles. The van der Waals surface area contributed by atoms with Gasteiger partial charge in [-0.05, 0) is 48.0 Å². The predicted octanol–water partition coefficient (Wildman–Crippen LogP) is 3.55. The second-order valence-corrected chi connectivity index (χ2v) is 4.43. The number of aromatic nitrogens is 1. The Balaban J connectivity index is 1.76. The monoisotopic (exact) mass is 250 g/mol. The molecule has 1 heterocycles. The lowest BCUT2D eigenvalue weighted by atomic mass is 10.1. The predicted molar refractivity (Wildman–Crippen MR) is 77.2 cm³/mol. The van der Waals surface area contributed by atoms with E-state index in [9.17, 15) is 5.11 Å². The zero-order valence-corrected chi connectivity index (χ0v) is 10.4. The third-order valence-corrected chi connectivity index (χ3v) is 3.03. The summed E-state index contributed by atoms with van der Waals surface area (Å²) in [5.74, 6) is 0.280. The summed E-state index contributed by atoms with van der Waals surface area (Å²) in [6, 6.07) is 17.3. The number of anilines is 1. The van der Waals surface area contributed by atoms with E-state index in [1.807, 2.05) is 24.3 Å². The van der Waals surface area contributed by atoms with E-state index in [2.05, 4.69) is 28.5 Å². The van der Waals surface area contributed by atoms with Crippen LogP contribution >= 0.6 is 0 Å². The van der Waals surface area contributed by atoms with E-state index in [0.29, 0.717) is 0 Å². The molecule has 0 radical (unpaired) electrons. The lowest BCUT2D eigenvalue weighted by Crippen LogP contribution is -1.98. The van der Waals surface area contributed by atoms with Gasteiger partial charge in [-0.1, -0.05) is 12.1 Å². The third kappa shape index (κ3) is 2.65. The molecule has 0 saturated heterocycles. The van der Waals surface area contributed by atoms with E-state index < -0.39 is 0 Å². The number of nitrogens with zero attached hydrogens (tertiary/aromatic N) is 1. The highest BCUT2D eigenvalue weighted by Gasteiger charge is 1.98. The van der Waals surface area contributed by atoms with Crippen molar-refractivity contribution in [1.82, 2.24) is 4.98 Å². The normalized spacial score (nSPS) is 10.5. The smallest absolute Gasteiger partial charge is 0.115 e. The van der Waals surface area contributed by atoms with Gasteiger partial charge in [-0.3, -0.25) is 4.98 Å². The first-order valence-electron chi connectivity index (χ1n) is 6.18. The van der Waals surface area contributed by atoms with E-state index in [1.54, 1.807) is 18.3 Å². The quantitative estimate of drug-likeness (QED) is 0.699. The number of fused-ring (bicyclic) bond motifs is 1. The van der Waals surface area contributed by atoms with Crippen LogP contribution in [0.5, 0.6) is 5.75 Å². The van der Waals surface area contributed by atoms with Crippen molar-refractivity contribution in [2.75, 3.05) is 5.32 Å². The van der Waals surface area contributed by atoms with Gasteiger partial charge in [-0.15, -0.1) is 0 Å². The summed E-state index contributed by atoms with van der Waals surface area (Å²) in [4.78, 5) is 4.30. The number of hydrogen-bond donors (Lipinski definition) is 2. The second kappa shape index (κ2) is 4.98. The fourth-order valence-corrected chi connectivity index (χ4v) is 2.02. The maximum absolute atomic E-state index is 9.23. The molecule has 0 spiro atoms. The van der Waals surface area contributed by atoms with Crippen molar-refractivity contribution in [1.29, 1.82) is 0 Å². The van der Waals surface area contributed by atoms with Crippen molar-refractivity contribution in [3.8, 4) is 5.75 Å². The zero-order valence-electron chi connectivity index (χ0n) is 10.4. The Hall–Kier alpha value is -2.55. The molecule has 0 amide bonds. The minimum atomic E-state index is 0.280. The van der Waals surface area contributed by atoms with Crippen molar-refractivity contribution < 1.29 is 5.11 Å². The molecule has 1 aromatic heterocycles. The molecule has 0 unspecified atom stereocenters. The largest absolute Gasteiger partial charge is 0.508 e. The molecule has 0 aliphatic rings. The van der Waals surface area contributed by atoms with Crippen molar-refractivity contribution in [2.45, 2.75) is 6.54 Å². The van der Waals surface area contributed by atoms with E-state index >= 15 is 0 Å². The summed E-state index contributed by atoms with van der Waals surface area (Å²) in [5.41, 5.74) is 3.20. The van der Waals surface area contributed by atoms with Gasteiger partial charge in [0.25, 0.3) is 0 Å². The number of hydrogen-bond acceptors (Lipinski definition) is 3. The number of phenols is 1. The van der Waals surface area contributed by atoms with Crippen LogP contribution < -0.4 is 5.32 Å². The van der Waals surface area contributed by atoms with Crippen LogP contribution in [0.25, 0.3) is 10.9 Å². The molecule has 0 fully saturated rings. The van der Waals surface area contributed by atoms with Crippen LogP contribution in [-0.4, -0.2) is 10.1 Å². The standard InChI is InChI=1S/C16H14N2O/c19-15-6-4-14(5-7-15)18-11-12-3-8-16-13(10-12)2-1-9-17-16/h1-10,18-19H,11H2. The second-order valence-electron chi connectivity index (χ2n) is 4.43. The van der Waals surface area contributed by atoms with Gasteiger partial charge in [0.15, 0.2) is 0 Å². The fourth-order valence-electron chi connectivity index (χ4n) is 2.02. The van der Waals surface area contributed by atoms with Gasteiger partial charge in [-0.25, -0.2) is 0 Å². The van der Waals surface area contributed by atoms with Gasteiger partial charge < -0.3 is 10.4 Å². The minimum absolute atomic E-state index is 0.280.